The van der Waals surface area contributed by atoms with E-state index in [1.807, 2.05) is 0 Å². The molecule has 1 nitrogen and oxygen atoms in total. The van der Waals surface area contributed by atoms with Crippen molar-refractivity contribution in [1.29, 1.82) is 0 Å². The van der Waals surface area contributed by atoms with Gasteiger partial charge in [0, 0.05) is 5.33 Å². The summed E-state index contributed by atoms with van der Waals surface area (Å²) >= 11 is 3.45. The molecule has 0 amide bonds. The molecule has 0 aromatic heterocycles. The summed E-state index contributed by atoms with van der Waals surface area (Å²) in [7, 11) is 0. The highest BCUT2D eigenvalue weighted by Gasteiger charge is 2.30. The maximum absolute atomic E-state index is 12.8. The van der Waals surface area contributed by atoms with Crippen LogP contribution in [0.1, 0.15) is 31.4 Å². The molecule has 3 heteroatoms. The van der Waals surface area contributed by atoms with Crippen LogP contribution >= 0.6 is 15.9 Å². The molecule has 1 aromatic carbocycles. The van der Waals surface area contributed by atoms with Crippen molar-refractivity contribution in [2.75, 3.05) is 5.33 Å². The normalized spacial score (nSPS) is 19.4. The minimum absolute atomic E-state index is 0.0243. The lowest BCUT2D eigenvalue weighted by molar-refractivity contribution is -0.00153. The summed E-state index contributed by atoms with van der Waals surface area (Å²) in [5, 5.41) is 0.746. The van der Waals surface area contributed by atoms with Gasteiger partial charge < -0.3 is 4.74 Å². The molecule has 0 aliphatic heterocycles. The van der Waals surface area contributed by atoms with Crippen molar-refractivity contribution in [3.8, 4) is 0 Å². The van der Waals surface area contributed by atoms with Crippen molar-refractivity contribution < 1.29 is 9.13 Å². The summed E-state index contributed by atoms with van der Waals surface area (Å²) in [4.78, 5) is 0. The quantitative estimate of drug-likeness (QED) is 0.742. The van der Waals surface area contributed by atoms with Crippen LogP contribution < -0.4 is 0 Å². The highest BCUT2D eigenvalue weighted by molar-refractivity contribution is 9.09. The first-order valence-corrected chi connectivity index (χ1v) is 6.79. The van der Waals surface area contributed by atoms with Crippen molar-refractivity contribution in [1.82, 2.24) is 0 Å². The van der Waals surface area contributed by atoms with Gasteiger partial charge in [-0.25, -0.2) is 4.39 Å². The van der Waals surface area contributed by atoms with Crippen LogP contribution in [0.3, 0.4) is 0 Å². The van der Waals surface area contributed by atoms with Gasteiger partial charge in [-0.1, -0.05) is 28.1 Å². The highest BCUT2D eigenvalue weighted by atomic mass is 79.9. The van der Waals surface area contributed by atoms with E-state index in [1.165, 1.54) is 25.0 Å². The number of ether oxygens (including phenoxy) is 1. The lowest BCUT2D eigenvalue weighted by Crippen LogP contribution is -2.16. The average Bonchev–Trinajstić information content (AvgIpc) is 3.11. The fourth-order valence-corrected chi connectivity index (χ4v) is 2.34. The Bertz CT molecular complexity index is 334. The lowest BCUT2D eigenvalue weighted by Gasteiger charge is -2.21. The van der Waals surface area contributed by atoms with Crippen LogP contribution in [0, 0.1) is 11.7 Å². The molecule has 1 aromatic rings. The van der Waals surface area contributed by atoms with Crippen molar-refractivity contribution in [3.63, 3.8) is 0 Å². The predicted molar refractivity (Wildman–Crippen MR) is 66.2 cm³/mol. The summed E-state index contributed by atoms with van der Waals surface area (Å²) in [5.74, 6) is 0.523. The van der Waals surface area contributed by atoms with Gasteiger partial charge in [-0.05, 0) is 43.4 Å². The van der Waals surface area contributed by atoms with Gasteiger partial charge in [-0.3, -0.25) is 0 Å². The van der Waals surface area contributed by atoms with E-state index < -0.39 is 0 Å². The first kappa shape index (κ1) is 12.1. The molecule has 2 atom stereocenters. The molecule has 0 heterocycles. The zero-order valence-electron chi connectivity index (χ0n) is 9.33. The molecule has 88 valence electrons. The second-order valence-electron chi connectivity index (χ2n) is 4.37. The Labute approximate surface area is 104 Å². The first-order valence-electron chi connectivity index (χ1n) is 5.67. The maximum Gasteiger partial charge on any atom is 0.123 e. The minimum atomic E-state index is -0.202. The zero-order chi connectivity index (χ0) is 11.5. The second-order valence-corrected chi connectivity index (χ2v) is 5.02. The maximum atomic E-state index is 12.8. The molecule has 1 aliphatic rings. The molecule has 16 heavy (non-hydrogen) atoms. The van der Waals surface area contributed by atoms with E-state index in [1.54, 1.807) is 12.1 Å². The Morgan fingerprint density at radius 2 is 2.00 bits per heavy atom. The number of hydrogen-bond acceptors (Lipinski definition) is 1. The smallest absolute Gasteiger partial charge is 0.123 e. The molecule has 0 N–H and O–H groups in total. The fourth-order valence-electron chi connectivity index (χ4n) is 1.82. The topological polar surface area (TPSA) is 9.23 Å². The largest absolute Gasteiger partial charge is 0.369 e. The number of halogens is 2. The van der Waals surface area contributed by atoms with E-state index in [0.29, 0.717) is 6.10 Å². The molecule has 1 fully saturated rings. The van der Waals surface area contributed by atoms with Crippen molar-refractivity contribution in [2.45, 2.75) is 32.0 Å². The van der Waals surface area contributed by atoms with E-state index >= 15 is 0 Å². The highest BCUT2D eigenvalue weighted by Crippen LogP contribution is 2.36. The van der Waals surface area contributed by atoms with Gasteiger partial charge in [0.2, 0.25) is 0 Å². The molecule has 1 aliphatic carbocycles. The van der Waals surface area contributed by atoms with Gasteiger partial charge in [-0.15, -0.1) is 0 Å². The third-order valence-electron chi connectivity index (χ3n) is 3.05. The molecule has 2 unspecified atom stereocenters. The Kier molecular flexibility index (Phi) is 3.98. The van der Waals surface area contributed by atoms with Gasteiger partial charge in [0.15, 0.2) is 0 Å². The van der Waals surface area contributed by atoms with Gasteiger partial charge in [0.25, 0.3) is 0 Å². The third kappa shape index (κ3) is 3.05. The molecule has 0 saturated heterocycles. The summed E-state index contributed by atoms with van der Waals surface area (Å²) in [6.45, 7) is 2.12. The third-order valence-corrected chi connectivity index (χ3v) is 3.63. The van der Waals surface area contributed by atoms with Crippen molar-refractivity contribution in [2.24, 2.45) is 5.92 Å². The number of alkyl halides is 1. The molecule has 0 bridgehead atoms. The van der Waals surface area contributed by atoms with Gasteiger partial charge >= 0.3 is 0 Å². The van der Waals surface area contributed by atoms with E-state index in [-0.39, 0.29) is 11.9 Å². The molecular weight excluding hydrogens is 271 g/mol. The molecule has 0 radical (unpaired) electrons. The van der Waals surface area contributed by atoms with Crippen LogP contribution in [0.25, 0.3) is 0 Å². The Morgan fingerprint density at radius 3 is 2.50 bits per heavy atom. The van der Waals surface area contributed by atoms with Crippen LogP contribution in [-0.4, -0.2) is 11.4 Å². The van der Waals surface area contributed by atoms with E-state index in [2.05, 4.69) is 22.9 Å². The second kappa shape index (κ2) is 5.28. The Morgan fingerprint density at radius 1 is 1.38 bits per heavy atom. The standard InChI is InChI=1S/C13H16BrFO/c1-9(10-2-3-10)16-13(8-14)11-4-6-12(15)7-5-11/h4-7,9-10,13H,2-3,8H2,1H3. The minimum Gasteiger partial charge on any atom is -0.369 e. The van der Waals surface area contributed by atoms with Gasteiger partial charge in [0.1, 0.15) is 5.82 Å². The molecule has 1 saturated carbocycles. The lowest BCUT2D eigenvalue weighted by atomic mass is 10.1. The monoisotopic (exact) mass is 286 g/mol. The number of hydrogen-bond donors (Lipinski definition) is 0. The SMILES string of the molecule is CC(OC(CBr)c1ccc(F)cc1)C1CC1. The Hall–Kier alpha value is -0.410. The van der Waals surface area contributed by atoms with E-state index in [0.717, 1.165) is 16.8 Å². The Balaban J connectivity index is 2.00. The van der Waals surface area contributed by atoms with Crippen LogP contribution in [0.2, 0.25) is 0 Å². The van der Waals surface area contributed by atoms with Crippen molar-refractivity contribution >= 4 is 15.9 Å². The molecular formula is C13H16BrFO. The van der Waals surface area contributed by atoms with Crippen LogP contribution in [0.4, 0.5) is 4.39 Å². The van der Waals surface area contributed by atoms with E-state index in [4.69, 9.17) is 4.74 Å². The van der Waals surface area contributed by atoms with Crippen molar-refractivity contribution in [3.05, 3.63) is 35.6 Å². The average molecular weight is 287 g/mol. The summed E-state index contributed by atoms with van der Waals surface area (Å²) in [6, 6.07) is 6.55. The summed E-state index contributed by atoms with van der Waals surface area (Å²) in [5.41, 5.74) is 1.03. The van der Waals surface area contributed by atoms with Gasteiger partial charge in [0.05, 0.1) is 12.2 Å². The number of benzene rings is 1. The molecule has 0 spiro atoms. The zero-order valence-corrected chi connectivity index (χ0v) is 10.9. The van der Waals surface area contributed by atoms with Crippen LogP contribution in [-0.2, 0) is 4.74 Å². The van der Waals surface area contributed by atoms with Crippen LogP contribution in [0.15, 0.2) is 24.3 Å². The summed E-state index contributed by atoms with van der Waals surface area (Å²) in [6.07, 6.45) is 2.88. The molecule has 2 rings (SSSR count). The first-order chi connectivity index (χ1) is 7.70. The number of rotatable bonds is 5. The predicted octanol–water partition coefficient (Wildman–Crippen LogP) is 4.08. The summed E-state index contributed by atoms with van der Waals surface area (Å²) < 4.78 is 18.8. The fraction of sp³-hybridized carbons (Fsp3) is 0.538. The van der Waals surface area contributed by atoms with Gasteiger partial charge in [-0.2, -0.15) is 0 Å². The van der Waals surface area contributed by atoms with Crippen LogP contribution in [0.5, 0.6) is 0 Å². The van der Waals surface area contributed by atoms with E-state index in [9.17, 15) is 4.39 Å².